The highest BCUT2D eigenvalue weighted by molar-refractivity contribution is 5.76. The molecule has 0 aliphatic rings. The lowest BCUT2D eigenvalue weighted by atomic mass is 10.1. The van der Waals surface area contributed by atoms with Crippen LogP contribution in [0.15, 0.2) is 30.9 Å². The molecule has 5 nitrogen and oxygen atoms in total. The standard InChI is InChI=1S/C14H14F3N5/c1-2-3-11(14(15,16)17)22-8-10(7-20-22)13-19-6-9-4-5-18-12(9)21-13/h4-8,11H,2-3H2,1H3,(H,18,19,21). The molecule has 0 aliphatic carbocycles. The van der Waals surface area contributed by atoms with Crippen molar-refractivity contribution in [3.63, 3.8) is 0 Å². The summed E-state index contributed by atoms with van der Waals surface area (Å²) in [7, 11) is 0. The van der Waals surface area contributed by atoms with Crippen molar-refractivity contribution in [3.8, 4) is 11.4 Å². The summed E-state index contributed by atoms with van der Waals surface area (Å²) in [6.45, 7) is 1.71. The lowest BCUT2D eigenvalue weighted by molar-refractivity contribution is -0.172. The maximum atomic E-state index is 13.1. The van der Waals surface area contributed by atoms with Crippen LogP contribution in [0.1, 0.15) is 25.8 Å². The molecule has 22 heavy (non-hydrogen) atoms. The van der Waals surface area contributed by atoms with E-state index in [0.29, 0.717) is 23.5 Å². The van der Waals surface area contributed by atoms with Gasteiger partial charge in [0, 0.05) is 24.0 Å². The molecule has 0 spiro atoms. The van der Waals surface area contributed by atoms with E-state index in [-0.39, 0.29) is 6.42 Å². The molecular weight excluding hydrogens is 295 g/mol. The largest absolute Gasteiger partial charge is 0.410 e. The van der Waals surface area contributed by atoms with E-state index < -0.39 is 12.2 Å². The minimum Gasteiger partial charge on any atom is -0.346 e. The third kappa shape index (κ3) is 2.68. The van der Waals surface area contributed by atoms with Gasteiger partial charge in [-0.2, -0.15) is 18.3 Å². The van der Waals surface area contributed by atoms with Crippen molar-refractivity contribution in [1.82, 2.24) is 24.7 Å². The molecular formula is C14H14F3N5. The molecule has 0 radical (unpaired) electrons. The van der Waals surface area contributed by atoms with E-state index in [1.54, 1.807) is 19.3 Å². The number of nitrogens with zero attached hydrogens (tertiary/aromatic N) is 4. The number of alkyl halides is 3. The molecule has 0 bridgehead atoms. The molecule has 0 saturated carbocycles. The van der Waals surface area contributed by atoms with Crippen molar-refractivity contribution in [2.24, 2.45) is 0 Å². The van der Waals surface area contributed by atoms with E-state index in [0.717, 1.165) is 10.1 Å². The van der Waals surface area contributed by atoms with Crippen LogP contribution in [0.4, 0.5) is 13.2 Å². The zero-order valence-electron chi connectivity index (χ0n) is 11.8. The fourth-order valence-electron chi connectivity index (χ4n) is 2.32. The number of nitrogens with one attached hydrogen (secondary N) is 1. The number of hydrogen-bond acceptors (Lipinski definition) is 3. The van der Waals surface area contributed by atoms with Crippen LogP contribution in [0.25, 0.3) is 22.4 Å². The van der Waals surface area contributed by atoms with Gasteiger partial charge in [-0.15, -0.1) is 0 Å². The number of aromatic amines is 1. The number of fused-ring (bicyclic) bond motifs is 1. The molecule has 0 amide bonds. The van der Waals surface area contributed by atoms with Gasteiger partial charge < -0.3 is 4.98 Å². The van der Waals surface area contributed by atoms with E-state index in [1.165, 1.54) is 12.4 Å². The Labute approximate surface area is 124 Å². The first-order valence-corrected chi connectivity index (χ1v) is 6.90. The van der Waals surface area contributed by atoms with Crippen molar-refractivity contribution >= 4 is 11.0 Å². The minimum absolute atomic E-state index is 0.0128. The van der Waals surface area contributed by atoms with E-state index in [9.17, 15) is 13.2 Å². The van der Waals surface area contributed by atoms with Crippen molar-refractivity contribution in [3.05, 3.63) is 30.9 Å². The van der Waals surface area contributed by atoms with Gasteiger partial charge in [0.05, 0.1) is 11.8 Å². The molecule has 3 aromatic rings. The predicted molar refractivity (Wildman–Crippen MR) is 75.1 cm³/mol. The summed E-state index contributed by atoms with van der Waals surface area (Å²) in [5, 5.41) is 4.70. The fourth-order valence-corrected chi connectivity index (χ4v) is 2.32. The topological polar surface area (TPSA) is 59.4 Å². The average molecular weight is 309 g/mol. The lowest BCUT2D eigenvalue weighted by Gasteiger charge is -2.19. The summed E-state index contributed by atoms with van der Waals surface area (Å²) in [5.74, 6) is 0.346. The van der Waals surface area contributed by atoms with E-state index in [1.807, 2.05) is 6.07 Å². The monoisotopic (exact) mass is 309 g/mol. The van der Waals surface area contributed by atoms with Crippen LogP contribution in [-0.4, -0.2) is 30.9 Å². The third-order valence-electron chi connectivity index (χ3n) is 3.42. The zero-order chi connectivity index (χ0) is 15.7. The maximum Gasteiger partial charge on any atom is 0.410 e. The van der Waals surface area contributed by atoms with Crippen molar-refractivity contribution < 1.29 is 13.2 Å². The van der Waals surface area contributed by atoms with Gasteiger partial charge in [0.25, 0.3) is 0 Å². The Balaban J connectivity index is 1.95. The number of H-pyrrole nitrogens is 1. The van der Waals surface area contributed by atoms with Gasteiger partial charge in [-0.1, -0.05) is 13.3 Å². The average Bonchev–Trinajstić information content (AvgIpc) is 3.11. The summed E-state index contributed by atoms with van der Waals surface area (Å²) in [5.41, 5.74) is 1.10. The molecule has 0 aromatic carbocycles. The van der Waals surface area contributed by atoms with E-state index in [2.05, 4.69) is 20.1 Å². The number of rotatable bonds is 4. The number of hydrogen-bond donors (Lipinski definition) is 1. The molecule has 3 heterocycles. The Bertz CT molecular complexity index is 774. The summed E-state index contributed by atoms with van der Waals surface area (Å²) >= 11 is 0. The van der Waals surface area contributed by atoms with Crippen LogP contribution >= 0.6 is 0 Å². The van der Waals surface area contributed by atoms with Crippen LogP contribution < -0.4 is 0 Å². The van der Waals surface area contributed by atoms with Crippen LogP contribution in [0.5, 0.6) is 0 Å². The van der Waals surface area contributed by atoms with E-state index >= 15 is 0 Å². The highest BCUT2D eigenvalue weighted by Crippen LogP contribution is 2.34. The zero-order valence-corrected chi connectivity index (χ0v) is 11.8. The van der Waals surface area contributed by atoms with Gasteiger partial charge in [0.1, 0.15) is 11.7 Å². The van der Waals surface area contributed by atoms with Gasteiger partial charge >= 0.3 is 6.18 Å². The molecule has 3 rings (SSSR count). The quantitative estimate of drug-likeness (QED) is 0.799. The highest BCUT2D eigenvalue weighted by Gasteiger charge is 2.40. The van der Waals surface area contributed by atoms with Crippen LogP contribution in [-0.2, 0) is 0 Å². The Morgan fingerprint density at radius 1 is 1.32 bits per heavy atom. The molecule has 1 unspecified atom stereocenters. The third-order valence-corrected chi connectivity index (χ3v) is 3.42. The summed E-state index contributed by atoms with van der Waals surface area (Å²) in [6, 6.07) is 0.198. The first-order valence-electron chi connectivity index (χ1n) is 6.90. The summed E-state index contributed by atoms with van der Waals surface area (Å²) in [6.07, 6.45) is 2.14. The van der Waals surface area contributed by atoms with Gasteiger partial charge in [-0.25, -0.2) is 9.97 Å². The highest BCUT2D eigenvalue weighted by atomic mass is 19.4. The van der Waals surface area contributed by atoms with Gasteiger partial charge in [0.15, 0.2) is 5.82 Å². The molecule has 8 heteroatoms. The van der Waals surface area contributed by atoms with Gasteiger partial charge in [-0.05, 0) is 12.5 Å². The normalized spacial score (nSPS) is 13.6. The minimum atomic E-state index is -4.33. The molecule has 116 valence electrons. The molecule has 3 aromatic heterocycles. The molecule has 0 aliphatic heterocycles. The first-order chi connectivity index (χ1) is 10.5. The SMILES string of the molecule is CCCC(n1cc(-c2ncc3cc[nH]c3n2)cn1)C(F)(F)F. The molecule has 1 atom stereocenters. The fraction of sp³-hybridized carbons (Fsp3) is 0.357. The Morgan fingerprint density at radius 2 is 2.14 bits per heavy atom. The second kappa shape index (κ2) is 5.43. The van der Waals surface area contributed by atoms with Crippen LogP contribution in [0.3, 0.4) is 0 Å². The molecule has 1 N–H and O–H groups in total. The van der Waals surface area contributed by atoms with E-state index in [4.69, 9.17) is 0 Å². The predicted octanol–water partition coefficient (Wildman–Crippen LogP) is 3.72. The second-order valence-corrected chi connectivity index (χ2v) is 5.03. The van der Waals surface area contributed by atoms with Crippen LogP contribution in [0, 0.1) is 0 Å². The maximum absolute atomic E-state index is 13.1. The number of aromatic nitrogens is 5. The van der Waals surface area contributed by atoms with Crippen LogP contribution in [0.2, 0.25) is 0 Å². The smallest absolute Gasteiger partial charge is 0.346 e. The second-order valence-electron chi connectivity index (χ2n) is 5.03. The van der Waals surface area contributed by atoms with Crippen molar-refractivity contribution in [1.29, 1.82) is 0 Å². The number of halogens is 3. The summed E-state index contributed by atoms with van der Waals surface area (Å²) in [4.78, 5) is 11.4. The van der Waals surface area contributed by atoms with Crippen molar-refractivity contribution in [2.45, 2.75) is 32.0 Å². The van der Waals surface area contributed by atoms with Crippen molar-refractivity contribution in [2.75, 3.05) is 0 Å². The Kier molecular flexibility index (Phi) is 3.59. The Hall–Kier alpha value is -2.38. The molecule has 0 fully saturated rings. The molecule has 0 saturated heterocycles. The van der Waals surface area contributed by atoms with Gasteiger partial charge in [-0.3, -0.25) is 4.68 Å². The summed E-state index contributed by atoms with van der Waals surface area (Å²) < 4.78 is 40.2. The Morgan fingerprint density at radius 3 is 2.86 bits per heavy atom. The lowest BCUT2D eigenvalue weighted by Crippen LogP contribution is -2.26. The van der Waals surface area contributed by atoms with Gasteiger partial charge in [0.2, 0.25) is 0 Å². The first kappa shape index (κ1) is 14.6.